The topological polar surface area (TPSA) is 63.6 Å². The van der Waals surface area contributed by atoms with Crippen molar-refractivity contribution in [2.24, 2.45) is 5.41 Å². The highest BCUT2D eigenvalue weighted by Crippen LogP contribution is 2.28. The van der Waals surface area contributed by atoms with Gasteiger partial charge < -0.3 is 9.84 Å². The molecule has 0 amide bonds. The summed E-state index contributed by atoms with van der Waals surface area (Å²) in [5.74, 6) is -1.92. The molecule has 0 fully saturated rings. The number of carboxylic acids is 1. The second-order valence-corrected chi connectivity index (χ2v) is 3.41. The molecule has 0 aromatic carbocycles. The molecule has 80 valence electrons. The summed E-state index contributed by atoms with van der Waals surface area (Å²) in [6.45, 7) is 6.90. The van der Waals surface area contributed by atoms with E-state index in [0.29, 0.717) is 6.42 Å². The standard InChI is InChI=1S/C10H16O4/c1-5-7(2)6-10(3,8(11)12)9(13)14-4/h2,5-6H2,1,3-4H3,(H,11,12). The number of esters is 1. The number of ether oxygens (including phenoxy) is 1. The molecule has 0 bridgehead atoms. The van der Waals surface area contributed by atoms with E-state index in [9.17, 15) is 9.59 Å². The molecule has 0 saturated carbocycles. The van der Waals surface area contributed by atoms with Crippen LogP contribution in [-0.4, -0.2) is 24.2 Å². The number of carbonyl (C=O) groups is 2. The largest absolute Gasteiger partial charge is 0.480 e. The SMILES string of the molecule is C=C(CC)CC(C)(C(=O)O)C(=O)OC. The summed E-state index contributed by atoms with van der Waals surface area (Å²) in [5.41, 5.74) is -0.790. The van der Waals surface area contributed by atoms with Crippen molar-refractivity contribution in [3.63, 3.8) is 0 Å². The van der Waals surface area contributed by atoms with Crippen LogP contribution >= 0.6 is 0 Å². The zero-order chi connectivity index (χ0) is 11.4. The molecule has 0 aromatic rings. The summed E-state index contributed by atoms with van der Waals surface area (Å²) in [5, 5.41) is 8.94. The van der Waals surface area contributed by atoms with E-state index in [1.807, 2.05) is 6.92 Å². The number of methoxy groups -OCH3 is 1. The Balaban J connectivity index is 4.82. The van der Waals surface area contributed by atoms with Crippen LogP contribution in [0.25, 0.3) is 0 Å². The van der Waals surface area contributed by atoms with E-state index in [1.165, 1.54) is 14.0 Å². The Kier molecular flexibility index (Phi) is 4.34. The molecule has 4 nitrogen and oxygen atoms in total. The van der Waals surface area contributed by atoms with Gasteiger partial charge in [-0.15, -0.1) is 0 Å². The van der Waals surface area contributed by atoms with Crippen LogP contribution in [0.1, 0.15) is 26.7 Å². The van der Waals surface area contributed by atoms with E-state index in [0.717, 1.165) is 5.57 Å². The van der Waals surface area contributed by atoms with E-state index in [2.05, 4.69) is 11.3 Å². The van der Waals surface area contributed by atoms with Gasteiger partial charge in [0.05, 0.1) is 7.11 Å². The molecule has 0 rings (SSSR count). The summed E-state index contributed by atoms with van der Waals surface area (Å²) in [7, 11) is 1.18. The Morgan fingerprint density at radius 2 is 2.00 bits per heavy atom. The minimum Gasteiger partial charge on any atom is -0.480 e. The van der Waals surface area contributed by atoms with Gasteiger partial charge in [0.25, 0.3) is 0 Å². The smallest absolute Gasteiger partial charge is 0.323 e. The average molecular weight is 200 g/mol. The molecule has 0 heterocycles. The minimum atomic E-state index is -1.51. The van der Waals surface area contributed by atoms with Gasteiger partial charge in [0.15, 0.2) is 5.41 Å². The lowest BCUT2D eigenvalue weighted by Crippen LogP contribution is -2.37. The molecule has 0 aliphatic rings. The van der Waals surface area contributed by atoms with E-state index in [4.69, 9.17) is 5.11 Å². The lowest BCUT2D eigenvalue weighted by atomic mass is 9.83. The number of carboxylic acid groups (broad SMARTS) is 1. The van der Waals surface area contributed by atoms with Crippen molar-refractivity contribution in [2.75, 3.05) is 7.11 Å². The van der Waals surface area contributed by atoms with Crippen molar-refractivity contribution >= 4 is 11.9 Å². The third kappa shape index (κ3) is 2.58. The molecule has 0 saturated heterocycles. The first-order chi connectivity index (χ1) is 6.38. The number of hydrogen-bond acceptors (Lipinski definition) is 3. The molecule has 0 aliphatic carbocycles. The zero-order valence-electron chi connectivity index (χ0n) is 8.79. The second-order valence-electron chi connectivity index (χ2n) is 3.41. The molecule has 1 N–H and O–H groups in total. The van der Waals surface area contributed by atoms with Gasteiger partial charge in [-0.25, -0.2) is 0 Å². The highest BCUT2D eigenvalue weighted by Gasteiger charge is 2.42. The predicted octanol–water partition coefficient (Wildman–Crippen LogP) is 1.61. The maximum atomic E-state index is 11.3. The molecule has 0 radical (unpaired) electrons. The lowest BCUT2D eigenvalue weighted by Gasteiger charge is -2.22. The normalized spacial score (nSPS) is 14.2. The van der Waals surface area contributed by atoms with Crippen LogP contribution in [-0.2, 0) is 14.3 Å². The van der Waals surface area contributed by atoms with Gasteiger partial charge in [-0.2, -0.15) is 0 Å². The van der Waals surface area contributed by atoms with Crippen molar-refractivity contribution in [1.82, 2.24) is 0 Å². The van der Waals surface area contributed by atoms with Crippen LogP contribution in [0.4, 0.5) is 0 Å². The second kappa shape index (κ2) is 4.79. The van der Waals surface area contributed by atoms with Gasteiger partial charge >= 0.3 is 11.9 Å². The average Bonchev–Trinajstić information content (AvgIpc) is 2.15. The molecule has 14 heavy (non-hydrogen) atoms. The maximum absolute atomic E-state index is 11.3. The summed E-state index contributed by atoms with van der Waals surface area (Å²) >= 11 is 0. The predicted molar refractivity (Wildman–Crippen MR) is 51.8 cm³/mol. The summed E-state index contributed by atoms with van der Waals surface area (Å²) in [6, 6.07) is 0. The Morgan fingerprint density at radius 1 is 1.50 bits per heavy atom. The summed E-state index contributed by atoms with van der Waals surface area (Å²) < 4.78 is 4.46. The van der Waals surface area contributed by atoms with Crippen molar-refractivity contribution in [3.05, 3.63) is 12.2 Å². The molecule has 4 heteroatoms. The number of aliphatic carboxylic acids is 1. The monoisotopic (exact) mass is 200 g/mol. The summed E-state index contributed by atoms with van der Waals surface area (Å²) in [6.07, 6.45) is 0.769. The van der Waals surface area contributed by atoms with Gasteiger partial charge in [0.2, 0.25) is 0 Å². The number of carbonyl (C=O) groups excluding carboxylic acids is 1. The van der Waals surface area contributed by atoms with Gasteiger partial charge in [0.1, 0.15) is 0 Å². The Morgan fingerprint density at radius 3 is 2.29 bits per heavy atom. The number of hydrogen-bond donors (Lipinski definition) is 1. The fourth-order valence-electron chi connectivity index (χ4n) is 1.09. The van der Waals surface area contributed by atoms with Crippen LogP contribution in [0.15, 0.2) is 12.2 Å². The zero-order valence-corrected chi connectivity index (χ0v) is 8.79. The first kappa shape index (κ1) is 12.7. The van der Waals surface area contributed by atoms with Gasteiger partial charge in [-0.1, -0.05) is 19.1 Å². The van der Waals surface area contributed by atoms with Crippen LogP contribution < -0.4 is 0 Å². The highest BCUT2D eigenvalue weighted by atomic mass is 16.5. The fraction of sp³-hybridized carbons (Fsp3) is 0.600. The van der Waals surface area contributed by atoms with Crippen LogP contribution in [0.3, 0.4) is 0 Å². The number of allylic oxidation sites excluding steroid dienone is 1. The van der Waals surface area contributed by atoms with Crippen molar-refractivity contribution in [2.45, 2.75) is 26.7 Å². The van der Waals surface area contributed by atoms with Crippen LogP contribution in [0.2, 0.25) is 0 Å². The van der Waals surface area contributed by atoms with Crippen LogP contribution in [0.5, 0.6) is 0 Å². The number of rotatable bonds is 5. The van der Waals surface area contributed by atoms with Gasteiger partial charge in [-0.3, -0.25) is 9.59 Å². The molecule has 1 unspecified atom stereocenters. The third-order valence-corrected chi connectivity index (χ3v) is 2.21. The highest BCUT2D eigenvalue weighted by molar-refractivity contribution is 5.98. The molecule has 1 atom stereocenters. The van der Waals surface area contributed by atoms with E-state index in [-0.39, 0.29) is 6.42 Å². The lowest BCUT2D eigenvalue weighted by molar-refractivity contribution is -0.165. The molecule has 0 aromatic heterocycles. The first-order valence-electron chi connectivity index (χ1n) is 4.37. The van der Waals surface area contributed by atoms with E-state index in [1.54, 1.807) is 0 Å². The molecule has 0 aliphatic heterocycles. The van der Waals surface area contributed by atoms with Gasteiger partial charge in [-0.05, 0) is 19.8 Å². The van der Waals surface area contributed by atoms with Gasteiger partial charge in [0, 0.05) is 0 Å². The van der Waals surface area contributed by atoms with Crippen molar-refractivity contribution < 1.29 is 19.4 Å². The maximum Gasteiger partial charge on any atom is 0.323 e. The molecular weight excluding hydrogens is 184 g/mol. The fourth-order valence-corrected chi connectivity index (χ4v) is 1.09. The Labute approximate surface area is 83.6 Å². The Hall–Kier alpha value is -1.32. The summed E-state index contributed by atoms with van der Waals surface area (Å²) in [4.78, 5) is 22.2. The quantitative estimate of drug-likeness (QED) is 0.416. The van der Waals surface area contributed by atoms with Crippen LogP contribution in [0, 0.1) is 5.41 Å². The van der Waals surface area contributed by atoms with E-state index >= 15 is 0 Å². The van der Waals surface area contributed by atoms with E-state index < -0.39 is 17.4 Å². The third-order valence-electron chi connectivity index (χ3n) is 2.21. The first-order valence-corrected chi connectivity index (χ1v) is 4.37. The Bertz CT molecular complexity index is 257. The minimum absolute atomic E-state index is 0.117. The molecular formula is C10H16O4. The molecule has 0 spiro atoms. The van der Waals surface area contributed by atoms with Crippen molar-refractivity contribution in [3.8, 4) is 0 Å². The van der Waals surface area contributed by atoms with Crippen molar-refractivity contribution in [1.29, 1.82) is 0 Å².